The monoisotopic (exact) mass is 738 g/mol. The Morgan fingerprint density at radius 2 is 1.02 bits per heavy atom. The average molecular weight is 739 g/mol. The first kappa shape index (κ1) is 37.4. The molecular weight excluding hydrogens is 696 g/mol. The number of benzene rings is 2. The molecule has 0 aliphatic heterocycles. The average Bonchev–Trinajstić information content (AvgIpc) is 3.86. The van der Waals surface area contributed by atoms with Gasteiger partial charge in [0.15, 0.2) is 0 Å². The second kappa shape index (κ2) is 14.6. The molecule has 4 heterocycles. The zero-order valence-electron chi connectivity index (χ0n) is 30.8. The van der Waals surface area contributed by atoms with Crippen LogP contribution >= 0.6 is 0 Å². The first-order chi connectivity index (χ1) is 25.6. The number of aryl methyl sites for hydroxylation is 6. The molecular formula is C36H42N12O6. The minimum atomic E-state index is -1.47. The summed E-state index contributed by atoms with van der Waals surface area (Å²) < 4.78 is 9.41. The topological polar surface area (TPSA) is 241 Å². The summed E-state index contributed by atoms with van der Waals surface area (Å²) in [6.07, 6.45) is -2.94. The lowest BCUT2D eigenvalue weighted by Gasteiger charge is -2.20. The van der Waals surface area contributed by atoms with Gasteiger partial charge in [-0.05, 0) is 76.2 Å². The Balaban J connectivity index is 1.44. The molecule has 4 aromatic heterocycles. The molecule has 54 heavy (non-hydrogen) atoms. The predicted molar refractivity (Wildman–Crippen MR) is 196 cm³/mol. The molecule has 0 fully saturated rings. The lowest BCUT2D eigenvalue weighted by molar-refractivity contribution is -0.000154. The van der Waals surface area contributed by atoms with Crippen molar-refractivity contribution < 1.29 is 29.4 Å². The van der Waals surface area contributed by atoms with E-state index in [2.05, 4.69) is 20.2 Å². The van der Waals surface area contributed by atoms with Gasteiger partial charge < -0.3 is 39.9 Å². The molecule has 0 aliphatic carbocycles. The molecule has 18 heteroatoms. The molecule has 6 aromatic rings. The Hall–Kier alpha value is -6.40. The standard InChI is InChI=1S/C36H42N12O6/c1-7-47-27(13-19(3)41-47)33(53)39-35-43(5)25-15-21(31(37)51)9-11-23(25)45(35)17-29(49)30(50)18-46-24-12-10-22(32(38)52)16-26(24)44(6)36(46)40-34(54)28-14-20(4)42-48(28)8-2/h9-16,29-30,49-50H,7-8,17-18H2,1-6H3,(H2,37,51)(H2,38,52)/b39-35+,40-36+/t29-,30-/m1/s1. The molecule has 0 aliphatic rings. The van der Waals surface area contributed by atoms with E-state index in [-0.39, 0.29) is 46.8 Å². The number of nitrogens with zero attached hydrogens (tertiary/aromatic N) is 10. The molecule has 0 unspecified atom stereocenters. The second-order valence-corrected chi connectivity index (χ2v) is 13.0. The number of carbonyl (C=O) groups is 4. The highest BCUT2D eigenvalue weighted by atomic mass is 16.3. The largest absolute Gasteiger partial charge is 0.388 e. The minimum Gasteiger partial charge on any atom is -0.388 e. The van der Waals surface area contributed by atoms with Crippen molar-refractivity contribution in [3.05, 3.63) is 93.7 Å². The lowest BCUT2D eigenvalue weighted by atomic mass is 10.1. The molecule has 2 aromatic carbocycles. The lowest BCUT2D eigenvalue weighted by Crippen LogP contribution is -2.40. The number of aromatic nitrogens is 8. The van der Waals surface area contributed by atoms with Gasteiger partial charge in [0.05, 0.1) is 58.8 Å². The molecule has 0 saturated heterocycles. The molecule has 6 rings (SSSR count). The van der Waals surface area contributed by atoms with E-state index in [0.717, 1.165) is 0 Å². The zero-order valence-corrected chi connectivity index (χ0v) is 30.8. The van der Waals surface area contributed by atoms with Gasteiger partial charge in [-0.3, -0.25) is 28.5 Å². The van der Waals surface area contributed by atoms with Gasteiger partial charge in [0.1, 0.15) is 11.4 Å². The van der Waals surface area contributed by atoms with Gasteiger partial charge >= 0.3 is 0 Å². The molecule has 0 saturated carbocycles. The molecule has 2 atom stereocenters. The summed E-state index contributed by atoms with van der Waals surface area (Å²) >= 11 is 0. The Kier molecular flexibility index (Phi) is 10.1. The normalized spacial score (nSPS) is 13.6. The van der Waals surface area contributed by atoms with Crippen LogP contribution in [0.1, 0.15) is 66.9 Å². The Morgan fingerprint density at radius 3 is 1.35 bits per heavy atom. The smallest absolute Gasteiger partial charge is 0.298 e. The predicted octanol–water partition coefficient (Wildman–Crippen LogP) is 0.425. The third kappa shape index (κ3) is 6.79. The number of carbonyl (C=O) groups excluding carboxylic acids is 4. The number of hydrogen-bond acceptors (Lipinski definition) is 8. The van der Waals surface area contributed by atoms with Crippen molar-refractivity contribution in [2.24, 2.45) is 35.5 Å². The summed E-state index contributed by atoms with van der Waals surface area (Å²) in [4.78, 5) is 60.1. The van der Waals surface area contributed by atoms with Gasteiger partial charge in [0.25, 0.3) is 11.8 Å². The minimum absolute atomic E-state index is 0.130. The van der Waals surface area contributed by atoms with Crippen LogP contribution < -0.4 is 22.7 Å². The van der Waals surface area contributed by atoms with Crippen LogP contribution in [0, 0.1) is 13.8 Å². The van der Waals surface area contributed by atoms with Gasteiger partial charge in [-0.25, -0.2) is 0 Å². The van der Waals surface area contributed by atoms with Crippen LogP contribution in [0.15, 0.2) is 58.5 Å². The van der Waals surface area contributed by atoms with E-state index < -0.39 is 35.8 Å². The highest BCUT2D eigenvalue weighted by Gasteiger charge is 2.25. The maximum Gasteiger partial charge on any atom is 0.298 e. The van der Waals surface area contributed by atoms with Crippen molar-refractivity contribution in [2.45, 2.75) is 66.1 Å². The first-order valence-electron chi connectivity index (χ1n) is 17.2. The van der Waals surface area contributed by atoms with Crippen LogP contribution in [0.2, 0.25) is 0 Å². The van der Waals surface area contributed by atoms with Gasteiger partial charge in [0.2, 0.25) is 23.1 Å². The van der Waals surface area contributed by atoms with Crippen molar-refractivity contribution in [1.29, 1.82) is 0 Å². The maximum atomic E-state index is 13.6. The number of primary amides is 2. The number of aliphatic hydroxyl groups is 2. The van der Waals surface area contributed by atoms with Crippen LogP contribution in [-0.2, 0) is 40.3 Å². The highest BCUT2D eigenvalue weighted by molar-refractivity contribution is 5.98. The number of rotatable bonds is 11. The van der Waals surface area contributed by atoms with E-state index in [4.69, 9.17) is 11.5 Å². The highest BCUT2D eigenvalue weighted by Crippen LogP contribution is 2.19. The molecule has 18 nitrogen and oxygen atoms in total. The fourth-order valence-electron chi connectivity index (χ4n) is 6.60. The molecule has 0 radical (unpaired) electrons. The van der Waals surface area contributed by atoms with Crippen LogP contribution in [0.3, 0.4) is 0 Å². The summed E-state index contributed by atoms with van der Waals surface area (Å²) in [7, 11) is 3.31. The summed E-state index contributed by atoms with van der Waals surface area (Å²) in [5.74, 6) is -2.47. The molecule has 6 N–H and O–H groups in total. The zero-order chi connectivity index (χ0) is 39.2. The van der Waals surface area contributed by atoms with Crippen LogP contribution in [-0.4, -0.2) is 83.9 Å². The van der Waals surface area contributed by atoms with Gasteiger partial charge in [0, 0.05) is 38.3 Å². The molecule has 4 amide bonds. The maximum absolute atomic E-state index is 13.6. The van der Waals surface area contributed by atoms with Gasteiger partial charge in [-0.15, -0.1) is 0 Å². The van der Waals surface area contributed by atoms with Gasteiger partial charge in [-0.1, -0.05) is 0 Å². The Labute approximate surface area is 307 Å². The number of nitrogens with two attached hydrogens (primary N) is 2. The number of amides is 4. The van der Waals surface area contributed by atoms with Gasteiger partial charge in [-0.2, -0.15) is 20.2 Å². The molecule has 282 valence electrons. The Morgan fingerprint density at radius 1 is 0.648 bits per heavy atom. The van der Waals surface area contributed by atoms with E-state index in [0.29, 0.717) is 46.5 Å². The van der Waals surface area contributed by atoms with E-state index >= 15 is 0 Å². The van der Waals surface area contributed by atoms with Crippen molar-refractivity contribution in [2.75, 3.05) is 0 Å². The quantitative estimate of drug-likeness (QED) is 0.145. The van der Waals surface area contributed by atoms with Crippen LogP contribution in [0.25, 0.3) is 22.1 Å². The van der Waals surface area contributed by atoms with Crippen molar-refractivity contribution >= 4 is 45.7 Å². The second-order valence-electron chi connectivity index (χ2n) is 13.0. The number of hydrogen-bond donors (Lipinski definition) is 4. The molecule has 0 spiro atoms. The SMILES string of the molecule is CCn1nc(C)cc1C(=O)/N=c1\n(C)c2cc(C(N)=O)ccc2n1C[C@@H](O)[C@H](O)Cn1/c(=N/C(=O)c2cc(C)nn2CC)n(C)c2cc(C(N)=O)ccc21. The fourth-order valence-corrected chi connectivity index (χ4v) is 6.60. The summed E-state index contributed by atoms with van der Waals surface area (Å²) in [6.45, 7) is 7.61. The Bertz CT molecular complexity index is 2450. The summed E-state index contributed by atoms with van der Waals surface area (Å²) in [6, 6.07) is 12.7. The number of aliphatic hydroxyl groups excluding tert-OH is 2. The third-order valence-corrected chi connectivity index (χ3v) is 9.34. The first-order valence-corrected chi connectivity index (χ1v) is 17.2. The van der Waals surface area contributed by atoms with E-state index in [1.807, 2.05) is 13.8 Å². The van der Waals surface area contributed by atoms with Crippen LogP contribution in [0.4, 0.5) is 0 Å². The van der Waals surface area contributed by atoms with E-state index in [1.54, 1.807) is 82.6 Å². The van der Waals surface area contributed by atoms with Crippen molar-refractivity contribution in [3.8, 4) is 0 Å². The fraction of sp³-hybridized carbons (Fsp3) is 0.333. The third-order valence-electron chi connectivity index (χ3n) is 9.34. The summed E-state index contributed by atoms with van der Waals surface area (Å²) in [5.41, 5.74) is 15.6. The van der Waals surface area contributed by atoms with Crippen LogP contribution in [0.5, 0.6) is 0 Å². The van der Waals surface area contributed by atoms with Crippen molar-refractivity contribution in [3.63, 3.8) is 0 Å². The number of imidazole rings is 2. The molecule has 0 bridgehead atoms. The van der Waals surface area contributed by atoms with E-state index in [1.165, 1.54) is 21.5 Å². The summed E-state index contributed by atoms with van der Waals surface area (Å²) in [5, 5.41) is 32.0. The van der Waals surface area contributed by atoms with Crippen molar-refractivity contribution in [1.82, 2.24) is 37.8 Å². The number of fused-ring (bicyclic) bond motifs is 2. The van der Waals surface area contributed by atoms with E-state index in [9.17, 15) is 29.4 Å².